The fourth-order valence-corrected chi connectivity index (χ4v) is 1.60. The zero-order chi connectivity index (χ0) is 14.5. The maximum absolute atomic E-state index is 10.7. The van der Waals surface area contributed by atoms with Gasteiger partial charge in [-0.15, -0.1) is 0 Å². The number of carbonyl (C=O) groups is 2. The predicted molar refractivity (Wildman–Crippen MR) is 73.0 cm³/mol. The lowest BCUT2D eigenvalue weighted by atomic mass is 10.1. The molecule has 0 aliphatic heterocycles. The van der Waals surface area contributed by atoms with E-state index >= 15 is 0 Å². The van der Waals surface area contributed by atoms with Crippen LogP contribution in [0.4, 0.5) is 0 Å². The molecule has 0 atom stereocenters. The first-order chi connectivity index (χ1) is 9.63. The number of rotatable bonds is 2. The van der Waals surface area contributed by atoms with E-state index in [-0.39, 0.29) is 22.6 Å². The Hall–Kier alpha value is -3.06. The topological polar surface area (TPSA) is 74.6 Å². The molecular formula is C16H10O4. The highest BCUT2D eigenvalue weighted by atomic mass is 16.3. The minimum Gasteiger partial charge on any atom is -0.507 e. The average Bonchev–Trinajstić information content (AvgIpc) is 2.47. The van der Waals surface area contributed by atoms with Crippen LogP contribution in [0.25, 0.3) is 0 Å². The van der Waals surface area contributed by atoms with Gasteiger partial charge >= 0.3 is 0 Å². The van der Waals surface area contributed by atoms with Crippen LogP contribution in [0.3, 0.4) is 0 Å². The van der Waals surface area contributed by atoms with E-state index in [2.05, 4.69) is 11.8 Å². The molecule has 4 nitrogen and oxygen atoms in total. The molecule has 0 unspecified atom stereocenters. The maximum atomic E-state index is 10.7. The van der Waals surface area contributed by atoms with Gasteiger partial charge in [-0.05, 0) is 36.4 Å². The van der Waals surface area contributed by atoms with Gasteiger partial charge in [-0.1, -0.05) is 11.8 Å². The summed E-state index contributed by atoms with van der Waals surface area (Å²) >= 11 is 0. The van der Waals surface area contributed by atoms with E-state index < -0.39 is 0 Å². The van der Waals surface area contributed by atoms with Crippen LogP contribution in [0, 0.1) is 11.8 Å². The monoisotopic (exact) mass is 266 g/mol. The molecule has 0 aromatic heterocycles. The summed E-state index contributed by atoms with van der Waals surface area (Å²) in [6.07, 6.45) is 1.09. The van der Waals surface area contributed by atoms with Gasteiger partial charge in [0.2, 0.25) is 0 Å². The lowest BCUT2D eigenvalue weighted by Gasteiger charge is -1.98. The van der Waals surface area contributed by atoms with Crippen molar-refractivity contribution in [3.63, 3.8) is 0 Å². The van der Waals surface area contributed by atoms with Crippen LogP contribution >= 0.6 is 0 Å². The third kappa shape index (κ3) is 2.85. The van der Waals surface area contributed by atoms with Crippen molar-refractivity contribution in [2.24, 2.45) is 0 Å². The first-order valence-corrected chi connectivity index (χ1v) is 5.72. The van der Waals surface area contributed by atoms with E-state index in [0.717, 1.165) is 0 Å². The number of benzene rings is 2. The molecule has 0 bridgehead atoms. The van der Waals surface area contributed by atoms with E-state index in [1.165, 1.54) is 24.3 Å². The summed E-state index contributed by atoms with van der Waals surface area (Å²) < 4.78 is 0. The molecule has 0 amide bonds. The molecule has 2 N–H and O–H groups in total. The maximum Gasteiger partial charge on any atom is 0.153 e. The third-order valence-corrected chi connectivity index (χ3v) is 2.66. The number of hydrogen-bond acceptors (Lipinski definition) is 4. The molecule has 4 heteroatoms. The van der Waals surface area contributed by atoms with Crippen molar-refractivity contribution in [1.29, 1.82) is 0 Å². The van der Waals surface area contributed by atoms with Crippen LogP contribution in [0.2, 0.25) is 0 Å². The largest absolute Gasteiger partial charge is 0.507 e. The second kappa shape index (κ2) is 5.72. The molecule has 0 radical (unpaired) electrons. The summed E-state index contributed by atoms with van der Waals surface area (Å²) in [4.78, 5) is 21.4. The summed E-state index contributed by atoms with van der Waals surface area (Å²) in [5.74, 6) is 5.43. The smallest absolute Gasteiger partial charge is 0.153 e. The van der Waals surface area contributed by atoms with Crippen molar-refractivity contribution in [2.75, 3.05) is 0 Å². The quantitative estimate of drug-likeness (QED) is 0.645. The van der Waals surface area contributed by atoms with Crippen LogP contribution in [0.5, 0.6) is 11.5 Å². The van der Waals surface area contributed by atoms with Gasteiger partial charge in [0.05, 0.1) is 11.1 Å². The summed E-state index contributed by atoms with van der Waals surface area (Å²) in [7, 11) is 0. The zero-order valence-electron chi connectivity index (χ0n) is 10.3. The van der Waals surface area contributed by atoms with Crippen LogP contribution in [-0.2, 0) is 0 Å². The third-order valence-electron chi connectivity index (χ3n) is 2.66. The number of carbonyl (C=O) groups excluding carboxylic acids is 2. The summed E-state index contributed by atoms with van der Waals surface area (Å²) in [6.45, 7) is 0. The Balaban J connectivity index is 2.35. The Kier molecular flexibility index (Phi) is 3.82. The van der Waals surface area contributed by atoms with Gasteiger partial charge < -0.3 is 10.2 Å². The summed E-state index contributed by atoms with van der Waals surface area (Å²) in [6, 6.07) is 8.88. The molecule has 0 heterocycles. The Morgan fingerprint density at radius 1 is 0.750 bits per heavy atom. The molecule has 20 heavy (non-hydrogen) atoms. The number of aldehydes is 2. The second-order valence-electron chi connectivity index (χ2n) is 4.03. The molecule has 0 saturated carbocycles. The highest BCUT2D eigenvalue weighted by molar-refractivity contribution is 5.80. The van der Waals surface area contributed by atoms with Gasteiger partial charge in [0.15, 0.2) is 12.6 Å². The van der Waals surface area contributed by atoms with E-state index in [1.807, 2.05) is 0 Å². The van der Waals surface area contributed by atoms with Crippen molar-refractivity contribution in [3.8, 4) is 23.3 Å². The molecular weight excluding hydrogens is 256 g/mol. The minimum absolute atomic E-state index is 0.0987. The van der Waals surface area contributed by atoms with Gasteiger partial charge in [0.1, 0.15) is 11.5 Å². The van der Waals surface area contributed by atoms with Gasteiger partial charge in [0.25, 0.3) is 0 Å². The van der Waals surface area contributed by atoms with Crippen molar-refractivity contribution in [1.82, 2.24) is 0 Å². The lowest BCUT2D eigenvalue weighted by molar-refractivity contribution is 0.111. The molecule has 0 aliphatic carbocycles. The number of hydrogen-bond donors (Lipinski definition) is 2. The molecule has 0 aliphatic rings. The first-order valence-electron chi connectivity index (χ1n) is 5.72. The SMILES string of the molecule is O=Cc1cc(C#Cc2ccc(O)c(C=O)c2)ccc1O. The molecule has 2 rings (SSSR count). The van der Waals surface area contributed by atoms with Gasteiger partial charge in [0, 0.05) is 11.1 Å². The Bertz CT molecular complexity index is 674. The average molecular weight is 266 g/mol. The summed E-state index contributed by atoms with van der Waals surface area (Å²) in [5, 5.41) is 18.7. The number of phenolic OH excluding ortho intramolecular Hbond substituents is 2. The highest BCUT2D eigenvalue weighted by Crippen LogP contribution is 2.17. The Morgan fingerprint density at radius 3 is 1.50 bits per heavy atom. The highest BCUT2D eigenvalue weighted by Gasteiger charge is 2.01. The normalized spacial score (nSPS) is 9.40. The standard InChI is InChI=1S/C16H10O4/c17-9-13-7-11(3-5-15(13)19)1-2-12-4-6-16(20)14(8-12)10-18/h3-10,19-20H. The van der Waals surface area contributed by atoms with Crippen molar-refractivity contribution in [3.05, 3.63) is 58.7 Å². The van der Waals surface area contributed by atoms with E-state index in [1.54, 1.807) is 12.1 Å². The van der Waals surface area contributed by atoms with E-state index in [0.29, 0.717) is 23.7 Å². The lowest BCUT2D eigenvalue weighted by Crippen LogP contribution is -1.85. The molecule has 0 spiro atoms. The van der Waals surface area contributed by atoms with Crippen molar-refractivity contribution < 1.29 is 19.8 Å². The predicted octanol–water partition coefficient (Wildman–Crippen LogP) is 2.12. The van der Waals surface area contributed by atoms with Crippen molar-refractivity contribution in [2.45, 2.75) is 0 Å². The fraction of sp³-hybridized carbons (Fsp3) is 0. The van der Waals surface area contributed by atoms with Crippen LogP contribution < -0.4 is 0 Å². The minimum atomic E-state index is -0.0987. The van der Waals surface area contributed by atoms with Crippen LogP contribution in [0.15, 0.2) is 36.4 Å². The first kappa shape index (κ1) is 13.4. The van der Waals surface area contributed by atoms with E-state index in [9.17, 15) is 19.8 Å². The molecule has 0 saturated heterocycles. The van der Waals surface area contributed by atoms with Gasteiger partial charge in [-0.2, -0.15) is 0 Å². The fourth-order valence-electron chi connectivity index (χ4n) is 1.60. The molecule has 0 fully saturated rings. The Labute approximate surface area is 115 Å². The number of phenols is 2. The zero-order valence-corrected chi connectivity index (χ0v) is 10.3. The summed E-state index contributed by atoms with van der Waals surface area (Å²) in [5.41, 5.74) is 1.45. The van der Waals surface area contributed by atoms with Crippen LogP contribution in [-0.4, -0.2) is 22.8 Å². The molecule has 98 valence electrons. The molecule has 2 aromatic carbocycles. The number of aromatic hydroxyl groups is 2. The molecule has 2 aromatic rings. The Morgan fingerprint density at radius 2 is 1.15 bits per heavy atom. The van der Waals surface area contributed by atoms with Crippen LogP contribution in [0.1, 0.15) is 31.8 Å². The van der Waals surface area contributed by atoms with E-state index in [4.69, 9.17) is 0 Å². The van der Waals surface area contributed by atoms with Gasteiger partial charge in [-0.3, -0.25) is 9.59 Å². The second-order valence-corrected chi connectivity index (χ2v) is 4.03. The van der Waals surface area contributed by atoms with Crippen molar-refractivity contribution >= 4 is 12.6 Å². The van der Waals surface area contributed by atoms with Gasteiger partial charge in [-0.25, -0.2) is 0 Å².